The van der Waals surface area contributed by atoms with E-state index in [1.807, 2.05) is 0 Å². The summed E-state index contributed by atoms with van der Waals surface area (Å²) in [5.74, 6) is 2.20. The quantitative estimate of drug-likeness (QED) is 0.698. The van der Waals surface area contributed by atoms with E-state index in [1.165, 1.54) is 5.56 Å². The predicted molar refractivity (Wildman–Crippen MR) is 114 cm³/mol. The van der Waals surface area contributed by atoms with Crippen LogP contribution in [0.4, 0.5) is 0 Å². The van der Waals surface area contributed by atoms with Gasteiger partial charge in [-0.05, 0) is 62.7 Å². The minimum Gasteiger partial charge on any atom is -0.486 e. The molecule has 0 radical (unpaired) electrons. The molecule has 7 heteroatoms. The van der Waals surface area contributed by atoms with Crippen LogP contribution in [0.1, 0.15) is 40.6 Å². The average Bonchev–Trinajstić information content (AvgIpc) is 3.17. The van der Waals surface area contributed by atoms with Crippen LogP contribution in [0.2, 0.25) is 0 Å². The van der Waals surface area contributed by atoms with Crippen molar-refractivity contribution in [3.63, 3.8) is 0 Å². The van der Waals surface area contributed by atoms with Crippen LogP contribution in [0.3, 0.4) is 0 Å². The fourth-order valence-electron chi connectivity index (χ4n) is 4.29. The average molecular weight is 406 g/mol. The third-order valence-electron chi connectivity index (χ3n) is 5.98. The number of nitrogens with one attached hydrogen (secondary N) is 2. The summed E-state index contributed by atoms with van der Waals surface area (Å²) in [5.41, 5.74) is 3.83. The summed E-state index contributed by atoms with van der Waals surface area (Å²) >= 11 is 0. The van der Waals surface area contributed by atoms with Gasteiger partial charge in [0.1, 0.15) is 19.0 Å². The number of nitrogens with zero attached hydrogens (tertiary/aromatic N) is 2. The third-order valence-corrected chi connectivity index (χ3v) is 5.98. The number of benzene rings is 2. The van der Waals surface area contributed by atoms with Gasteiger partial charge >= 0.3 is 0 Å². The fourth-order valence-corrected chi connectivity index (χ4v) is 4.29. The molecular weight excluding hydrogens is 380 g/mol. The molecule has 156 valence electrons. The number of aromatic amines is 1. The lowest BCUT2D eigenvalue weighted by atomic mass is 9.96. The highest BCUT2D eigenvalue weighted by molar-refractivity contribution is 5.95. The summed E-state index contributed by atoms with van der Waals surface area (Å²) in [4.78, 5) is 23.4. The first-order valence-corrected chi connectivity index (χ1v) is 10.4. The van der Waals surface area contributed by atoms with Crippen molar-refractivity contribution in [1.29, 1.82) is 0 Å². The van der Waals surface area contributed by atoms with Crippen molar-refractivity contribution >= 4 is 16.9 Å². The number of imidazole rings is 1. The first kappa shape index (κ1) is 18.9. The maximum atomic E-state index is 12.9. The second kappa shape index (κ2) is 7.65. The summed E-state index contributed by atoms with van der Waals surface area (Å²) in [6.45, 7) is 4.02. The fraction of sp³-hybridized carbons (Fsp3) is 0.391. The van der Waals surface area contributed by atoms with Gasteiger partial charge in [0.15, 0.2) is 11.5 Å². The Balaban J connectivity index is 1.31. The van der Waals surface area contributed by atoms with Crippen molar-refractivity contribution in [2.24, 2.45) is 0 Å². The Kier molecular flexibility index (Phi) is 4.83. The van der Waals surface area contributed by atoms with Gasteiger partial charge in [-0.3, -0.25) is 9.69 Å². The molecule has 1 fully saturated rings. The largest absolute Gasteiger partial charge is 0.486 e. The van der Waals surface area contributed by atoms with Gasteiger partial charge < -0.3 is 19.8 Å². The van der Waals surface area contributed by atoms with Crippen molar-refractivity contribution in [3.05, 3.63) is 53.3 Å². The molecule has 3 heterocycles. The number of likely N-dealkylation sites (tertiary alicyclic amines) is 1. The van der Waals surface area contributed by atoms with E-state index in [9.17, 15) is 4.79 Å². The van der Waals surface area contributed by atoms with Crippen LogP contribution in [0.25, 0.3) is 11.0 Å². The zero-order valence-corrected chi connectivity index (χ0v) is 17.3. The van der Waals surface area contributed by atoms with E-state index in [0.717, 1.165) is 36.2 Å². The summed E-state index contributed by atoms with van der Waals surface area (Å²) in [7, 11) is 2.11. The SMILES string of the molecule is Cc1ccc2nc(C3CC(NC(=O)c4ccc5c(c4)OCCO5)CCN3C)[nH]c2c1. The van der Waals surface area contributed by atoms with E-state index in [2.05, 4.69) is 47.4 Å². The summed E-state index contributed by atoms with van der Waals surface area (Å²) in [6, 6.07) is 11.8. The molecule has 2 aliphatic heterocycles. The van der Waals surface area contributed by atoms with Crippen LogP contribution in [-0.4, -0.2) is 53.6 Å². The van der Waals surface area contributed by atoms with E-state index in [1.54, 1.807) is 18.2 Å². The van der Waals surface area contributed by atoms with Gasteiger partial charge in [0.2, 0.25) is 0 Å². The zero-order valence-electron chi connectivity index (χ0n) is 17.3. The number of piperidine rings is 1. The molecule has 1 amide bonds. The van der Waals surface area contributed by atoms with Crippen molar-refractivity contribution in [3.8, 4) is 11.5 Å². The molecule has 2 unspecified atom stereocenters. The van der Waals surface area contributed by atoms with Crippen LogP contribution < -0.4 is 14.8 Å². The zero-order chi connectivity index (χ0) is 20.7. The first-order chi connectivity index (χ1) is 14.6. The normalized spacial score (nSPS) is 21.5. The lowest BCUT2D eigenvalue weighted by Gasteiger charge is -2.36. The van der Waals surface area contributed by atoms with Crippen LogP contribution >= 0.6 is 0 Å². The maximum Gasteiger partial charge on any atom is 0.251 e. The lowest BCUT2D eigenvalue weighted by molar-refractivity contribution is 0.0883. The number of carbonyl (C=O) groups excluding carboxylic acids is 1. The molecule has 2 atom stereocenters. The molecule has 0 spiro atoms. The number of carbonyl (C=O) groups is 1. The predicted octanol–water partition coefficient (Wildman–Crippen LogP) is 3.21. The second-order valence-electron chi connectivity index (χ2n) is 8.19. The van der Waals surface area contributed by atoms with Crippen molar-refractivity contribution < 1.29 is 14.3 Å². The second-order valence-corrected chi connectivity index (χ2v) is 8.19. The number of fused-ring (bicyclic) bond motifs is 2. The first-order valence-electron chi connectivity index (χ1n) is 10.4. The van der Waals surface area contributed by atoms with Crippen molar-refractivity contribution in [2.45, 2.75) is 31.8 Å². The molecule has 1 aromatic heterocycles. The Morgan fingerprint density at radius 1 is 1.17 bits per heavy atom. The number of amides is 1. The monoisotopic (exact) mass is 406 g/mol. The van der Waals surface area contributed by atoms with Gasteiger partial charge in [0.05, 0.1) is 17.1 Å². The van der Waals surface area contributed by atoms with Gasteiger partial charge in [-0.2, -0.15) is 0 Å². The Morgan fingerprint density at radius 3 is 2.87 bits per heavy atom. The molecule has 0 saturated carbocycles. The molecule has 2 N–H and O–H groups in total. The van der Waals surface area contributed by atoms with Gasteiger partial charge in [0, 0.05) is 18.2 Å². The van der Waals surface area contributed by atoms with E-state index >= 15 is 0 Å². The Bertz CT molecular complexity index is 1090. The number of aromatic nitrogens is 2. The Morgan fingerprint density at radius 2 is 2.00 bits per heavy atom. The summed E-state index contributed by atoms with van der Waals surface area (Å²) in [6.07, 6.45) is 1.72. The van der Waals surface area contributed by atoms with Crippen LogP contribution in [-0.2, 0) is 0 Å². The molecule has 0 aliphatic carbocycles. The standard InChI is InChI=1S/C23H26N4O3/c1-14-3-5-17-18(11-14)26-22(25-17)19-13-16(7-8-27(19)2)24-23(28)15-4-6-20-21(12-15)30-10-9-29-20/h3-6,11-12,16,19H,7-10,13H2,1-2H3,(H,24,28)(H,25,26). The molecule has 2 aliphatic rings. The molecule has 30 heavy (non-hydrogen) atoms. The van der Waals surface area contributed by atoms with Gasteiger partial charge in [-0.1, -0.05) is 6.07 Å². The van der Waals surface area contributed by atoms with E-state index in [0.29, 0.717) is 30.3 Å². The van der Waals surface area contributed by atoms with Gasteiger partial charge in [-0.25, -0.2) is 4.98 Å². The van der Waals surface area contributed by atoms with Gasteiger partial charge in [-0.15, -0.1) is 0 Å². The highest BCUT2D eigenvalue weighted by Crippen LogP contribution is 2.32. The number of ether oxygens (including phenoxy) is 2. The third kappa shape index (κ3) is 3.61. The summed E-state index contributed by atoms with van der Waals surface area (Å²) in [5, 5.41) is 3.20. The minimum absolute atomic E-state index is 0.0829. The molecule has 1 saturated heterocycles. The molecule has 7 nitrogen and oxygen atoms in total. The lowest BCUT2D eigenvalue weighted by Crippen LogP contribution is -2.45. The number of rotatable bonds is 3. The number of hydrogen-bond acceptors (Lipinski definition) is 5. The summed E-state index contributed by atoms with van der Waals surface area (Å²) < 4.78 is 11.1. The Labute approximate surface area is 175 Å². The molecular formula is C23H26N4O3. The van der Waals surface area contributed by atoms with Crippen LogP contribution in [0.15, 0.2) is 36.4 Å². The Hall–Kier alpha value is -3.06. The molecule has 0 bridgehead atoms. The molecule has 2 aromatic carbocycles. The van der Waals surface area contributed by atoms with Crippen LogP contribution in [0.5, 0.6) is 11.5 Å². The number of aryl methyl sites for hydroxylation is 1. The smallest absolute Gasteiger partial charge is 0.251 e. The number of hydrogen-bond donors (Lipinski definition) is 2. The topological polar surface area (TPSA) is 79.5 Å². The van der Waals surface area contributed by atoms with Gasteiger partial charge in [0.25, 0.3) is 5.91 Å². The molecule has 5 rings (SSSR count). The minimum atomic E-state index is -0.0829. The van der Waals surface area contributed by atoms with Crippen LogP contribution in [0, 0.1) is 6.92 Å². The van der Waals surface area contributed by atoms with E-state index in [-0.39, 0.29) is 18.0 Å². The number of H-pyrrole nitrogens is 1. The maximum absolute atomic E-state index is 12.9. The van der Waals surface area contributed by atoms with Crippen molar-refractivity contribution in [1.82, 2.24) is 20.2 Å². The highest BCUT2D eigenvalue weighted by Gasteiger charge is 2.30. The molecule has 3 aromatic rings. The van der Waals surface area contributed by atoms with E-state index < -0.39 is 0 Å². The van der Waals surface area contributed by atoms with Crippen molar-refractivity contribution in [2.75, 3.05) is 26.8 Å². The van der Waals surface area contributed by atoms with E-state index in [4.69, 9.17) is 14.5 Å². The highest BCUT2D eigenvalue weighted by atomic mass is 16.6.